The minimum absolute atomic E-state index is 0.0308. The number of primary amides is 2. The zero-order valence-electron chi connectivity index (χ0n) is 18.0. The second kappa shape index (κ2) is 8.69. The summed E-state index contributed by atoms with van der Waals surface area (Å²) in [4.78, 5) is 26.2. The fraction of sp³-hybridized carbons (Fsp3) is 0.208. The van der Waals surface area contributed by atoms with Gasteiger partial charge in [-0.2, -0.15) is 18.3 Å². The first-order valence-corrected chi connectivity index (χ1v) is 10.4. The van der Waals surface area contributed by atoms with Gasteiger partial charge in [0.05, 0.1) is 22.9 Å². The summed E-state index contributed by atoms with van der Waals surface area (Å²) in [6.07, 6.45) is 0.256. The average Bonchev–Trinajstić information content (AvgIpc) is 3.27. The van der Waals surface area contributed by atoms with Crippen LogP contribution in [0.4, 0.5) is 18.9 Å². The number of alkyl halides is 3. The van der Waals surface area contributed by atoms with Gasteiger partial charge in [-0.3, -0.25) is 9.59 Å². The molecule has 1 aromatic heterocycles. The maximum absolute atomic E-state index is 13.3. The van der Waals surface area contributed by atoms with Crippen molar-refractivity contribution in [3.8, 4) is 5.69 Å². The number of benzene rings is 2. The number of nitrogens with zero attached hydrogens (tertiary/aromatic N) is 3. The number of nitrogens with two attached hydrogens (primary N) is 2. The predicted molar refractivity (Wildman–Crippen MR) is 120 cm³/mol. The van der Waals surface area contributed by atoms with Gasteiger partial charge in [0.2, 0.25) is 11.8 Å². The molecule has 0 saturated heterocycles. The van der Waals surface area contributed by atoms with Crippen LogP contribution in [0.25, 0.3) is 5.69 Å². The molecular weight excluding hydrogens is 447 g/mol. The molecule has 1 aliphatic heterocycles. The van der Waals surface area contributed by atoms with Gasteiger partial charge in [0.25, 0.3) is 0 Å². The molecule has 1 aliphatic rings. The molecule has 2 amide bonds. The molecular formula is C24H22F3N5O2. The number of hydrogen-bond donors (Lipinski definition) is 2. The van der Waals surface area contributed by atoms with Crippen LogP contribution in [-0.2, 0) is 22.2 Å². The molecule has 4 rings (SSSR count). The highest BCUT2D eigenvalue weighted by Crippen LogP contribution is 2.39. The highest BCUT2D eigenvalue weighted by atomic mass is 19.4. The fourth-order valence-electron chi connectivity index (χ4n) is 4.14. The maximum atomic E-state index is 13.3. The fourth-order valence-corrected chi connectivity index (χ4v) is 4.14. The van der Waals surface area contributed by atoms with Gasteiger partial charge in [-0.25, -0.2) is 4.68 Å². The largest absolute Gasteiger partial charge is 0.416 e. The van der Waals surface area contributed by atoms with Gasteiger partial charge in [0.15, 0.2) is 0 Å². The van der Waals surface area contributed by atoms with E-state index in [1.807, 2.05) is 30.3 Å². The normalized spacial score (nSPS) is 18.4. The lowest BCUT2D eigenvalue weighted by Crippen LogP contribution is -2.50. The van der Waals surface area contributed by atoms with Crippen LogP contribution in [0.1, 0.15) is 17.5 Å². The van der Waals surface area contributed by atoms with Crippen molar-refractivity contribution in [3.63, 3.8) is 0 Å². The number of carbonyl (C=O) groups is 2. The number of para-hydroxylation sites is 1. The summed E-state index contributed by atoms with van der Waals surface area (Å²) in [6.45, 7) is -0.0308. The Morgan fingerprint density at radius 2 is 1.74 bits per heavy atom. The number of aromatic nitrogens is 2. The van der Waals surface area contributed by atoms with E-state index in [-0.39, 0.29) is 30.6 Å². The quantitative estimate of drug-likeness (QED) is 0.578. The number of carbonyl (C=O) groups excluding carboxylic acids is 2. The zero-order chi connectivity index (χ0) is 24.5. The molecule has 0 aliphatic carbocycles. The molecule has 0 fully saturated rings. The molecule has 3 aromatic rings. The summed E-state index contributed by atoms with van der Waals surface area (Å²) in [5.74, 6) is -1.47. The Bertz CT molecular complexity index is 1250. The summed E-state index contributed by atoms with van der Waals surface area (Å²) in [5, 5.41) is 4.33. The molecule has 7 nitrogen and oxygen atoms in total. The molecule has 2 aromatic carbocycles. The third-order valence-corrected chi connectivity index (χ3v) is 5.86. The smallest absolute Gasteiger partial charge is 0.369 e. The number of amides is 2. The maximum Gasteiger partial charge on any atom is 0.416 e. The van der Waals surface area contributed by atoms with E-state index < -0.39 is 29.0 Å². The van der Waals surface area contributed by atoms with Crippen LogP contribution in [0, 0.1) is 5.41 Å². The average molecular weight is 469 g/mol. The molecule has 2 heterocycles. The van der Waals surface area contributed by atoms with Crippen LogP contribution in [0.3, 0.4) is 0 Å². The highest BCUT2D eigenvalue weighted by Gasteiger charge is 2.43. The van der Waals surface area contributed by atoms with E-state index in [1.165, 1.54) is 23.2 Å². The monoisotopic (exact) mass is 469 g/mol. The van der Waals surface area contributed by atoms with Crippen LogP contribution in [0.15, 0.2) is 78.8 Å². The summed E-state index contributed by atoms with van der Waals surface area (Å²) < 4.78 is 41.4. The topological polar surface area (TPSA) is 107 Å². The zero-order valence-corrected chi connectivity index (χ0v) is 18.0. The Morgan fingerprint density at radius 1 is 1.03 bits per heavy atom. The molecule has 1 atom stereocenters. The van der Waals surface area contributed by atoms with Gasteiger partial charge in [0.1, 0.15) is 0 Å². The van der Waals surface area contributed by atoms with E-state index in [0.717, 1.165) is 17.8 Å². The number of rotatable bonds is 6. The van der Waals surface area contributed by atoms with E-state index >= 15 is 0 Å². The van der Waals surface area contributed by atoms with E-state index in [9.17, 15) is 22.8 Å². The second-order valence-electron chi connectivity index (χ2n) is 8.32. The molecule has 1 unspecified atom stereocenters. The minimum atomic E-state index is -4.55. The Kier molecular flexibility index (Phi) is 5.90. The van der Waals surface area contributed by atoms with E-state index in [4.69, 9.17) is 11.5 Å². The van der Waals surface area contributed by atoms with Crippen molar-refractivity contribution in [1.29, 1.82) is 0 Å². The van der Waals surface area contributed by atoms with Gasteiger partial charge in [-0.1, -0.05) is 24.3 Å². The predicted octanol–water partition coefficient (Wildman–Crippen LogP) is 3.18. The van der Waals surface area contributed by atoms with Crippen molar-refractivity contribution in [2.24, 2.45) is 16.9 Å². The van der Waals surface area contributed by atoms with Gasteiger partial charge < -0.3 is 16.4 Å². The SMILES string of the molecule is NC(=O)C1=CN(c2cccc(C(F)(F)F)c2)CC(Cc2cnn(-c3ccccc3)c2)(C(N)=O)C1. The standard InChI is InChI=1S/C24H22F3N5O2/c25-24(26,27)18-5-4-8-20(9-18)31-14-17(21(28)33)11-23(15-31,22(29)34)10-16-12-30-32(13-16)19-6-2-1-3-7-19/h1-9,12-14H,10-11,15H2,(H2,28,33)(H2,29,34). The summed E-state index contributed by atoms with van der Waals surface area (Å²) in [7, 11) is 0. The van der Waals surface area contributed by atoms with Crippen molar-refractivity contribution in [2.45, 2.75) is 19.0 Å². The van der Waals surface area contributed by atoms with Crippen LogP contribution in [-0.4, -0.2) is 28.1 Å². The molecule has 0 spiro atoms. The van der Waals surface area contributed by atoms with Crippen LogP contribution in [0.2, 0.25) is 0 Å². The van der Waals surface area contributed by atoms with Crippen molar-refractivity contribution in [1.82, 2.24) is 9.78 Å². The third kappa shape index (κ3) is 4.66. The van der Waals surface area contributed by atoms with Crippen molar-refractivity contribution in [2.75, 3.05) is 11.4 Å². The lowest BCUT2D eigenvalue weighted by atomic mass is 9.73. The van der Waals surface area contributed by atoms with E-state index in [0.29, 0.717) is 5.56 Å². The van der Waals surface area contributed by atoms with Crippen LogP contribution >= 0.6 is 0 Å². The summed E-state index contributed by atoms with van der Waals surface area (Å²) in [6, 6.07) is 14.0. The lowest BCUT2D eigenvalue weighted by molar-refractivity contribution is -0.137. The van der Waals surface area contributed by atoms with Gasteiger partial charge in [-0.05, 0) is 48.7 Å². The van der Waals surface area contributed by atoms with Gasteiger partial charge >= 0.3 is 6.18 Å². The first kappa shape index (κ1) is 23.1. The van der Waals surface area contributed by atoms with Gasteiger partial charge in [-0.15, -0.1) is 0 Å². The number of hydrogen-bond acceptors (Lipinski definition) is 4. The molecule has 0 bridgehead atoms. The van der Waals surface area contributed by atoms with Crippen molar-refractivity contribution >= 4 is 17.5 Å². The third-order valence-electron chi connectivity index (χ3n) is 5.86. The Balaban J connectivity index is 1.70. The molecule has 0 saturated carbocycles. The summed E-state index contributed by atoms with van der Waals surface area (Å²) >= 11 is 0. The highest BCUT2D eigenvalue weighted by molar-refractivity contribution is 5.95. The van der Waals surface area contributed by atoms with Gasteiger partial charge in [0, 0.05) is 30.2 Å². The molecule has 4 N–H and O–H groups in total. The Labute approximate surface area is 193 Å². The van der Waals surface area contributed by atoms with Crippen LogP contribution < -0.4 is 16.4 Å². The second-order valence-corrected chi connectivity index (χ2v) is 8.32. The Hall–Kier alpha value is -4.08. The molecule has 176 valence electrons. The van der Waals surface area contributed by atoms with E-state index in [1.54, 1.807) is 17.1 Å². The minimum Gasteiger partial charge on any atom is -0.369 e. The Morgan fingerprint density at radius 3 is 2.38 bits per heavy atom. The van der Waals surface area contributed by atoms with Crippen LogP contribution in [0.5, 0.6) is 0 Å². The first-order chi connectivity index (χ1) is 16.1. The summed E-state index contributed by atoms with van der Waals surface area (Å²) in [5.41, 5.74) is 10.9. The van der Waals surface area contributed by atoms with Crippen molar-refractivity contribution < 1.29 is 22.8 Å². The van der Waals surface area contributed by atoms with E-state index in [2.05, 4.69) is 5.10 Å². The molecule has 10 heteroatoms. The lowest BCUT2D eigenvalue weighted by Gasteiger charge is -2.40. The molecule has 0 radical (unpaired) electrons. The number of anilines is 1. The van der Waals surface area contributed by atoms with Crippen molar-refractivity contribution in [3.05, 3.63) is 89.9 Å². The first-order valence-electron chi connectivity index (χ1n) is 10.4. The number of halogens is 3. The molecule has 34 heavy (non-hydrogen) atoms.